The fourth-order valence-corrected chi connectivity index (χ4v) is 7.07. The lowest BCUT2D eigenvalue weighted by Gasteiger charge is -2.57. The van der Waals surface area contributed by atoms with E-state index in [1.807, 2.05) is 12.1 Å². The standard InChI is InChI=1S/C23H31ClN2O/c24-21-3-1-17(2-4-21)16-25-5-7-26(8-6-25)22(27)15-23-12-18-9-19(13-23)11-20(10-18)14-23/h1-4,18-20H,5-16H2. The van der Waals surface area contributed by atoms with E-state index in [2.05, 4.69) is 21.9 Å². The molecule has 1 heterocycles. The summed E-state index contributed by atoms with van der Waals surface area (Å²) in [4.78, 5) is 17.7. The Hall–Kier alpha value is -1.06. The maximum Gasteiger partial charge on any atom is 0.223 e. The molecule has 4 saturated carbocycles. The molecule has 1 amide bonds. The highest BCUT2D eigenvalue weighted by Gasteiger charge is 2.51. The lowest BCUT2D eigenvalue weighted by atomic mass is 9.49. The lowest BCUT2D eigenvalue weighted by Crippen LogP contribution is -2.52. The Labute approximate surface area is 168 Å². The van der Waals surface area contributed by atoms with Crippen molar-refractivity contribution in [1.29, 1.82) is 0 Å². The predicted octanol–water partition coefficient (Wildman–Crippen LogP) is 4.59. The van der Waals surface area contributed by atoms with Crippen molar-refractivity contribution < 1.29 is 4.79 Å². The normalized spacial score (nSPS) is 35.6. The molecule has 0 N–H and O–H groups in total. The number of benzene rings is 1. The fourth-order valence-electron chi connectivity index (χ4n) is 6.94. The summed E-state index contributed by atoms with van der Waals surface area (Å²) in [7, 11) is 0. The third-order valence-corrected chi connectivity index (χ3v) is 7.99. The molecular weight excluding hydrogens is 356 g/mol. The summed E-state index contributed by atoms with van der Waals surface area (Å²) in [5, 5.41) is 0.791. The molecule has 27 heavy (non-hydrogen) atoms. The number of hydrogen-bond acceptors (Lipinski definition) is 2. The molecule has 5 aliphatic rings. The second kappa shape index (κ2) is 7.08. The smallest absolute Gasteiger partial charge is 0.223 e. The summed E-state index contributed by atoms with van der Waals surface area (Å²) >= 11 is 5.98. The van der Waals surface area contributed by atoms with E-state index in [9.17, 15) is 4.79 Å². The number of carbonyl (C=O) groups excluding carboxylic acids is 1. The minimum absolute atomic E-state index is 0.367. The molecule has 4 aliphatic carbocycles. The molecule has 6 rings (SSSR count). The van der Waals surface area contributed by atoms with Gasteiger partial charge in [-0.15, -0.1) is 0 Å². The van der Waals surface area contributed by atoms with Crippen LogP contribution in [0.3, 0.4) is 0 Å². The van der Waals surface area contributed by atoms with Crippen LogP contribution in [0.15, 0.2) is 24.3 Å². The van der Waals surface area contributed by atoms with Crippen LogP contribution < -0.4 is 0 Å². The Balaban J connectivity index is 1.14. The number of hydrogen-bond donors (Lipinski definition) is 0. The van der Waals surface area contributed by atoms with E-state index in [-0.39, 0.29) is 0 Å². The van der Waals surface area contributed by atoms with Crippen molar-refractivity contribution in [2.75, 3.05) is 26.2 Å². The highest BCUT2D eigenvalue weighted by molar-refractivity contribution is 6.30. The minimum Gasteiger partial charge on any atom is -0.340 e. The molecular formula is C23H31ClN2O. The summed E-state index contributed by atoms with van der Waals surface area (Å²) in [6.07, 6.45) is 9.20. The Morgan fingerprint density at radius 3 is 2.04 bits per heavy atom. The van der Waals surface area contributed by atoms with Crippen LogP contribution in [0.25, 0.3) is 0 Å². The van der Waals surface area contributed by atoms with Gasteiger partial charge in [0.05, 0.1) is 0 Å². The zero-order chi connectivity index (χ0) is 18.4. The highest BCUT2D eigenvalue weighted by Crippen LogP contribution is 2.61. The first-order valence-corrected chi connectivity index (χ1v) is 11.2. The summed E-state index contributed by atoms with van der Waals surface area (Å²) in [5.41, 5.74) is 1.67. The van der Waals surface area contributed by atoms with Crippen LogP contribution >= 0.6 is 11.6 Å². The van der Waals surface area contributed by atoms with Gasteiger partial charge in [-0.3, -0.25) is 9.69 Å². The summed E-state index contributed by atoms with van der Waals surface area (Å²) < 4.78 is 0. The zero-order valence-electron chi connectivity index (χ0n) is 16.2. The molecule has 0 unspecified atom stereocenters. The first kappa shape index (κ1) is 18.0. The Bertz CT molecular complexity index is 658. The molecule has 0 radical (unpaired) electrons. The van der Waals surface area contributed by atoms with Crippen LogP contribution in [-0.4, -0.2) is 41.9 Å². The number of amides is 1. The van der Waals surface area contributed by atoms with Crippen molar-refractivity contribution in [2.45, 2.75) is 51.5 Å². The molecule has 0 spiro atoms. The molecule has 1 aromatic rings. The van der Waals surface area contributed by atoms with E-state index in [1.54, 1.807) is 0 Å². The summed E-state index contributed by atoms with van der Waals surface area (Å²) in [6.45, 7) is 4.69. The van der Waals surface area contributed by atoms with E-state index in [0.29, 0.717) is 11.3 Å². The average Bonchev–Trinajstić information content (AvgIpc) is 2.63. The van der Waals surface area contributed by atoms with Crippen molar-refractivity contribution >= 4 is 17.5 Å². The van der Waals surface area contributed by atoms with Gasteiger partial charge in [0, 0.05) is 44.2 Å². The second-order valence-corrected chi connectivity index (χ2v) is 10.3. The third-order valence-electron chi connectivity index (χ3n) is 7.74. The average molecular weight is 387 g/mol. The van der Waals surface area contributed by atoms with Crippen LogP contribution in [0, 0.1) is 23.2 Å². The number of nitrogens with zero attached hydrogens (tertiary/aromatic N) is 2. The number of carbonyl (C=O) groups is 1. The number of piperazine rings is 1. The van der Waals surface area contributed by atoms with Gasteiger partial charge in [-0.1, -0.05) is 23.7 Å². The molecule has 5 fully saturated rings. The van der Waals surface area contributed by atoms with Gasteiger partial charge in [0.25, 0.3) is 0 Å². The molecule has 3 nitrogen and oxygen atoms in total. The SMILES string of the molecule is O=C(CC12CC3CC(CC(C3)C1)C2)N1CCN(Cc2ccc(Cl)cc2)CC1. The van der Waals surface area contributed by atoms with Gasteiger partial charge in [0.15, 0.2) is 0 Å². The largest absolute Gasteiger partial charge is 0.340 e. The fraction of sp³-hybridized carbons (Fsp3) is 0.696. The minimum atomic E-state index is 0.367. The van der Waals surface area contributed by atoms with Crippen molar-refractivity contribution in [2.24, 2.45) is 23.2 Å². The van der Waals surface area contributed by atoms with Gasteiger partial charge in [0.1, 0.15) is 0 Å². The quantitative estimate of drug-likeness (QED) is 0.755. The molecule has 4 bridgehead atoms. The Kier molecular flexibility index (Phi) is 4.72. The van der Waals surface area contributed by atoms with E-state index in [4.69, 9.17) is 11.6 Å². The van der Waals surface area contributed by atoms with Crippen LogP contribution in [0.1, 0.15) is 50.5 Å². The van der Waals surface area contributed by atoms with Gasteiger partial charge in [0.2, 0.25) is 5.91 Å². The van der Waals surface area contributed by atoms with Gasteiger partial charge < -0.3 is 4.90 Å². The molecule has 146 valence electrons. The molecule has 0 atom stereocenters. The monoisotopic (exact) mass is 386 g/mol. The topological polar surface area (TPSA) is 23.6 Å². The van der Waals surface area contributed by atoms with Gasteiger partial charge in [-0.2, -0.15) is 0 Å². The number of rotatable bonds is 4. The maximum atomic E-state index is 13.1. The van der Waals surface area contributed by atoms with Gasteiger partial charge in [-0.25, -0.2) is 0 Å². The van der Waals surface area contributed by atoms with Crippen molar-refractivity contribution in [3.63, 3.8) is 0 Å². The molecule has 1 aromatic carbocycles. The molecule has 0 aromatic heterocycles. The van der Waals surface area contributed by atoms with Crippen LogP contribution in [0.5, 0.6) is 0 Å². The van der Waals surface area contributed by atoms with E-state index in [1.165, 1.54) is 44.1 Å². The van der Waals surface area contributed by atoms with Crippen LogP contribution in [0.2, 0.25) is 5.02 Å². The van der Waals surface area contributed by atoms with Crippen molar-refractivity contribution in [1.82, 2.24) is 9.80 Å². The van der Waals surface area contributed by atoms with E-state index >= 15 is 0 Å². The van der Waals surface area contributed by atoms with Crippen molar-refractivity contribution in [3.8, 4) is 0 Å². The third kappa shape index (κ3) is 3.78. The first-order chi connectivity index (χ1) is 13.1. The van der Waals surface area contributed by atoms with E-state index in [0.717, 1.165) is 61.9 Å². The zero-order valence-corrected chi connectivity index (χ0v) is 17.0. The van der Waals surface area contributed by atoms with Gasteiger partial charge in [-0.05, 0) is 79.4 Å². The van der Waals surface area contributed by atoms with E-state index < -0.39 is 0 Å². The predicted molar refractivity (Wildman–Crippen MR) is 109 cm³/mol. The summed E-state index contributed by atoms with van der Waals surface area (Å²) in [5.74, 6) is 3.23. The Morgan fingerprint density at radius 2 is 1.48 bits per heavy atom. The van der Waals surface area contributed by atoms with Crippen LogP contribution in [0.4, 0.5) is 0 Å². The molecule has 1 aliphatic heterocycles. The lowest BCUT2D eigenvalue weighted by molar-refractivity contribution is -0.141. The van der Waals surface area contributed by atoms with Crippen molar-refractivity contribution in [3.05, 3.63) is 34.9 Å². The number of halogens is 1. The Morgan fingerprint density at radius 1 is 0.926 bits per heavy atom. The molecule has 1 saturated heterocycles. The summed E-state index contributed by atoms with van der Waals surface area (Å²) in [6, 6.07) is 8.13. The highest BCUT2D eigenvalue weighted by atomic mass is 35.5. The first-order valence-electron chi connectivity index (χ1n) is 10.8. The molecule has 4 heteroatoms. The van der Waals surface area contributed by atoms with Crippen LogP contribution in [-0.2, 0) is 11.3 Å². The maximum absolute atomic E-state index is 13.1. The van der Waals surface area contributed by atoms with Gasteiger partial charge >= 0.3 is 0 Å². The second-order valence-electron chi connectivity index (χ2n) is 9.88.